The van der Waals surface area contributed by atoms with Crippen LogP contribution in [0, 0.1) is 0 Å². The van der Waals surface area contributed by atoms with Gasteiger partial charge in [-0.1, -0.05) is 40.2 Å². The third-order valence-electron chi connectivity index (χ3n) is 2.56. The molecule has 0 bridgehead atoms. The number of fused-ring (bicyclic) bond motifs is 1. The van der Waals surface area contributed by atoms with E-state index in [2.05, 4.69) is 20.7 Å². The fourth-order valence-corrected chi connectivity index (χ4v) is 4.04. The molecule has 3 nitrogen and oxygen atoms in total. The van der Waals surface area contributed by atoms with Crippen LogP contribution in [0.15, 0.2) is 45.8 Å². The molecule has 0 unspecified atom stereocenters. The first-order valence-electron chi connectivity index (χ1n) is 5.92. The molecule has 2 aromatic carbocycles. The Hall–Kier alpha value is -0.910. The summed E-state index contributed by atoms with van der Waals surface area (Å²) in [6, 6.07) is 10.8. The Kier molecular flexibility index (Phi) is 3.73. The van der Waals surface area contributed by atoms with Gasteiger partial charge in [-0.15, -0.1) is 0 Å². The zero-order valence-corrected chi connectivity index (χ0v) is 13.5. The Labute approximate surface area is 122 Å². The summed E-state index contributed by atoms with van der Waals surface area (Å²) in [7, 11) is -3.53. The van der Waals surface area contributed by atoms with E-state index in [-0.39, 0.29) is 0 Å². The second-order valence-corrected chi connectivity index (χ2v) is 7.95. The van der Waals surface area contributed by atoms with E-state index in [0.717, 1.165) is 9.86 Å². The molecule has 1 N–H and O–H groups in total. The van der Waals surface area contributed by atoms with Crippen molar-refractivity contribution in [1.29, 1.82) is 0 Å². The summed E-state index contributed by atoms with van der Waals surface area (Å²) in [6.07, 6.45) is 0. The summed E-state index contributed by atoms with van der Waals surface area (Å²) in [6.45, 7) is 5.47. The molecule has 2 aromatic rings. The van der Waals surface area contributed by atoms with Crippen molar-refractivity contribution in [3.8, 4) is 0 Å². The first kappa shape index (κ1) is 14.5. The molecule has 0 radical (unpaired) electrons. The van der Waals surface area contributed by atoms with Gasteiger partial charge in [-0.3, -0.25) is 0 Å². The molecule has 0 spiro atoms. The molecule has 2 rings (SSSR count). The van der Waals surface area contributed by atoms with Crippen LogP contribution in [0.25, 0.3) is 10.8 Å². The zero-order valence-electron chi connectivity index (χ0n) is 11.1. The summed E-state index contributed by atoms with van der Waals surface area (Å²) < 4.78 is 28.5. The lowest BCUT2D eigenvalue weighted by atomic mass is 10.1. The molecule has 0 fully saturated rings. The summed E-state index contributed by atoms with van der Waals surface area (Å²) in [5.41, 5.74) is -0.507. The van der Waals surface area contributed by atoms with Gasteiger partial charge >= 0.3 is 0 Å². The third-order valence-corrected chi connectivity index (χ3v) is 5.07. The van der Waals surface area contributed by atoms with Crippen molar-refractivity contribution in [2.24, 2.45) is 0 Å². The zero-order chi connectivity index (χ0) is 14.3. The fourth-order valence-electron chi connectivity index (χ4n) is 1.93. The highest BCUT2D eigenvalue weighted by atomic mass is 79.9. The average molecular weight is 342 g/mol. The number of hydrogen-bond donors (Lipinski definition) is 1. The van der Waals surface area contributed by atoms with Crippen LogP contribution in [-0.4, -0.2) is 14.0 Å². The lowest BCUT2D eigenvalue weighted by molar-refractivity contribution is 0.492. The van der Waals surface area contributed by atoms with Gasteiger partial charge in [0.15, 0.2) is 0 Å². The Morgan fingerprint density at radius 1 is 1.00 bits per heavy atom. The van der Waals surface area contributed by atoms with Gasteiger partial charge in [0, 0.05) is 15.4 Å². The van der Waals surface area contributed by atoms with Gasteiger partial charge in [0.25, 0.3) is 0 Å². The first-order valence-corrected chi connectivity index (χ1v) is 8.19. The maximum atomic E-state index is 12.4. The number of hydrogen-bond acceptors (Lipinski definition) is 2. The standard InChI is InChI=1S/C14H16BrNO2S/c1-14(2,3)16-19(17,18)13-9-8-12(15)10-6-4-5-7-11(10)13/h4-9,16H,1-3H3. The van der Waals surface area contributed by atoms with Crippen molar-refractivity contribution in [3.63, 3.8) is 0 Å². The Bertz CT molecular complexity index is 718. The van der Waals surface area contributed by atoms with E-state index >= 15 is 0 Å². The topological polar surface area (TPSA) is 46.2 Å². The van der Waals surface area contributed by atoms with Crippen LogP contribution in [0.2, 0.25) is 0 Å². The normalized spacial score (nSPS) is 12.8. The Balaban J connectivity index is 2.67. The smallest absolute Gasteiger partial charge is 0.207 e. The molecule has 0 atom stereocenters. The minimum atomic E-state index is -3.53. The maximum Gasteiger partial charge on any atom is 0.241 e. The predicted octanol–water partition coefficient (Wildman–Crippen LogP) is 3.68. The van der Waals surface area contributed by atoms with Crippen LogP contribution in [0.5, 0.6) is 0 Å². The summed E-state index contributed by atoms with van der Waals surface area (Å²) in [4.78, 5) is 0.307. The largest absolute Gasteiger partial charge is 0.241 e. The quantitative estimate of drug-likeness (QED) is 0.905. The Morgan fingerprint density at radius 2 is 1.58 bits per heavy atom. The van der Waals surface area contributed by atoms with Gasteiger partial charge in [0.2, 0.25) is 10.0 Å². The number of benzene rings is 2. The van der Waals surface area contributed by atoms with Crippen molar-refractivity contribution in [3.05, 3.63) is 40.9 Å². The van der Waals surface area contributed by atoms with Crippen molar-refractivity contribution in [1.82, 2.24) is 4.72 Å². The maximum absolute atomic E-state index is 12.4. The summed E-state index contributed by atoms with van der Waals surface area (Å²) in [5, 5.41) is 1.60. The molecule has 0 amide bonds. The van der Waals surface area contributed by atoms with E-state index in [1.54, 1.807) is 12.1 Å². The van der Waals surface area contributed by atoms with E-state index in [4.69, 9.17) is 0 Å². The first-order chi connectivity index (χ1) is 8.71. The molecule has 0 aliphatic heterocycles. The minimum absolute atomic E-state index is 0.307. The summed E-state index contributed by atoms with van der Waals surface area (Å²) in [5.74, 6) is 0. The molecule has 19 heavy (non-hydrogen) atoms. The van der Waals surface area contributed by atoms with Crippen LogP contribution in [-0.2, 0) is 10.0 Å². The highest BCUT2D eigenvalue weighted by Crippen LogP contribution is 2.29. The molecule has 0 aliphatic rings. The molecule has 102 valence electrons. The molecule has 5 heteroatoms. The monoisotopic (exact) mass is 341 g/mol. The van der Waals surface area contributed by atoms with Crippen LogP contribution in [0.1, 0.15) is 20.8 Å². The van der Waals surface area contributed by atoms with Gasteiger partial charge in [0.1, 0.15) is 0 Å². The molecule has 0 saturated heterocycles. The van der Waals surface area contributed by atoms with E-state index in [0.29, 0.717) is 10.3 Å². The number of rotatable bonds is 2. The fraction of sp³-hybridized carbons (Fsp3) is 0.286. The second-order valence-electron chi connectivity index (χ2n) is 5.45. The van der Waals surface area contributed by atoms with Crippen LogP contribution in [0.3, 0.4) is 0 Å². The number of nitrogens with one attached hydrogen (secondary N) is 1. The lowest BCUT2D eigenvalue weighted by Gasteiger charge is -2.21. The van der Waals surface area contributed by atoms with Crippen molar-refractivity contribution in [2.45, 2.75) is 31.2 Å². The van der Waals surface area contributed by atoms with Gasteiger partial charge in [0.05, 0.1) is 4.90 Å². The Morgan fingerprint density at radius 3 is 2.16 bits per heavy atom. The number of sulfonamides is 1. The minimum Gasteiger partial charge on any atom is -0.207 e. The van der Waals surface area contributed by atoms with E-state index in [1.807, 2.05) is 45.0 Å². The van der Waals surface area contributed by atoms with Gasteiger partial charge in [-0.05, 0) is 38.3 Å². The summed E-state index contributed by atoms with van der Waals surface area (Å²) >= 11 is 3.44. The van der Waals surface area contributed by atoms with Gasteiger partial charge in [-0.2, -0.15) is 0 Å². The predicted molar refractivity (Wildman–Crippen MR) is 81.7 cm³/mol. The third kappa shape index (κ3) is 3.16. The van der Waals surface area contributed by atoms with Crippen molar-refractivity contribution < 1.29 is 8.42 Å². The van der Waals surface area contributed by atoms with Crippen molar-refractivity contribution in [2.75, 3.05) is 0 Å². The van der Waals surface area contributed by atoms with Gasteiger partial charge in [-0.25, -0.2) is 13.1 Å². The van der Waals surface area contributed by atoms with E-state index in [9.17, 15) is 8.42 Å². The van der Waals surface area contributed by atoms with Crippen LogP contribution in [0.4, 0.5) is 0 Å². The molecular weight excluding hydrogens is 326 g/mol. The van der Waals surface area contributed by atoms with Crippen LogP contribution < -0.4 is 4.72 Å². The molecule has 0 aromatic heterocycles. The highest BCUT2D eigenvalue weighted by Gasteiger charge is 2.23. The van der Waals surface area contributed by atoms with Gasteiger partial charge < -0.3 is 0 Å². The molecule has 0 heterocycles. The molecule has 0 saturated carbocycles. The SMILES string of the molecule is CC(C)(C)NS(=O)(=O)c1ccc(Br)c2ccccc12. The second kappa shape index (κ2) is 4.89. The van der Waals surface area contributed by atoms with Crippen LogP contribution >= 0.6 is 15.9 Å². The van der Waals surface area contributed by atoms with E-state index < -0.39 is 15.6 Å². The molecule has 0 aliphatic carbocycles. The number of halogens is 1. The van der Waals surface area contributed by atoms with Crippen molar-refractivity contribution >= 4 is 36.7 Å². The highest BCUT2D eigenvalue weighted by molar-refractivity contribution is 9.10. The van der Waals surface area contributed by atoms with E-state index in [1.165, 1.54) is 0 Å². The average Bonchev–Trinajstić information content (AvgIpc) is 2.26. The lowest BCUT2D eigenvalue weighted by Crippen LogP contribution is -2.40. The molecular formula is C14H16BrNO2S.